The maximum Gasteiger partial charge on any atom is 0.352 e. The number of carboxylic acids is 1. The van der Waals surface area contributed by atoms with Crippen LogP contribution in [0.15, 0.2) is 47.1 Å². The van der Waals surface area contributed by atoms with Gasteiger partial charge in [-0.15, -0.1) is 11.3 Å². The minimum absolute atomic E-state index is 0.160. The number of carboxylic acid groups (broad SMARTS) is 1. The van der Waals surface area contributed by atoms with E-state index in [4.69, 9.17) is 16.1 Å². The van der Waals surface area contributed by atoms with E-state index in [0.717, 1.165) is 10.3 Å². The van der Waals surface area contributed by atoms with E-state index in [0.29, 0.717) is 21.4 Å². The van der Waals surface area contributed by atoms with E-state index in [2.05, 4.69) is 10.1 Å². The molecule has 4 aromatic rings. The monoisotopic (exact) mass is 359 g/mol. The summed E-state index contributed by atoms with van der Waals surface area (Å²) in [7, 11) is 0. The first-order valence-electron chi connectivity index (χ1n) is 7.00. The number of hydrogen-bond acceptors (Lipinski definition) is 5. The van der Waals surface area contributed by atoms with Crippen LogP contribution < -0.4 is 0 Å². The molecule has 8 heteroatoms. The second-order valence-electron chi connectivity index (χ2n) is 5.12. The molecule has 0 spiro atoms. The molecular weight excluding hydrogens is 350 g/mol. The van der Waals surface area contributed by atoms with Gasteiger partial charge < -0.3 is 14.2 Å². The summed E-state index contributed by atoms with van der Waals surface area (Å²) >= 11 is 7.32. The molecule has 0 aliphatic heterocycles. The topological polar surface area (TPSA) is 81.1 Å². The van der Waals surface area contributed by atoms with Crippen LogP contribution in [0.1, 0.15) is 16.2 Å². The quantitative estimate of drug-likeness (QED) is 0.592. The number of pyridine rings is 1. The number of rotatable bonds is 4. The molecular formula is C16H10ClN3O3S. The van der Waals surface area contributed by atoms with Crippen molar-refractivity contribution in [3.63, 3.8) is 0 Å². The molecule has 120 valence electrons. The van der Waals surface area contributed by atoms with Crippen molar-refractivity contribution in [1.29, 1.82) is 0 Å². The Morgan fingerprint density at radius 2 is 2.21 bits per heavy atom. The lowest BCUT2D eigenvalue weighted by molar-refractivity contribution is 0.0686. The SMILES string of the molecule is O=C(O)c1cc2cccnc2n1Cc1cc(-c2ccc(Cl)s2)on1. The van der Waals surface area contributed by atoms with Crippen molar-refractivity contribution < 1.29 is 14.4 Å². The van der Waals surface area contributed by atoms with Gasteiger partial charge in [-0.1, -0.05) is 16.8 Å². The Morgan fingerprint density at radius 1 is 1.33 bits per heavy atom. The van der Waals surface area contributed by atoms with Crippen molar-refractivity contribution in [2.45, 2.75) is 6.54 Å². The van der Waals surface area contributed by atoms with Crippen LogP contribution in [0, 0.1) is 0 Å². The van der Waals surface area contributed by atoms with Gasteiger partial charge in [0.1, 0.15) is 17.0 Å². The normalized spacial score (nSPS) is 11.2. The van der Waals surface area contributed by atoms with Gasteiger partial charge in [-0.25, -0.2) is 9.78 Å². The fourth-order valence-electron chi connectivity index (χ4n) is 2.54. The Bertz CT molecular complexity index is 1050. The molecule has 4 aromatic heterocycles. The van der Waals surface area contributed by atoms with Crippen molar-refractivity contribution in [2.24, 2.45) is 0 Å². The molecule has 0 amide bonds. The highest BCUT2D eigenvalue weighted by atomic mass is 35.5. The van der Waals surface area contributed by atoms with Crippen LogP contribution in [0.25, 0.3) is 21.7 Å². The smallest absolute Gasteiger partial charge is 0.352 e. The predicted octanol–water partition coefficient (Wildman–Crippen LogP) is 4.15. The summed E-state index contributed by atoms with van der Waals surface area (Å²) in [5.41, 5.74) is 1.37. The lowest BCUT2D eigenvalue weighted by Crippen LogP contribution is -2.10. The van der Waals surface area contributed by atoms with Crippen LogP contribution in [0.3, 0.4) is 0 Å². The van der Waals surface area contributed by atoms with Gasteiger partial charge in [0.25, 0.3) is 0 Å². The summed E-state index contributed by atoms with van der Waals surface area (Å²) in [4.78, 5) is 16.6. The van der Waals surface area contributed by atoms with E-state index < -0.39 is 5.97 Å². The molecule has 0 radical (unpaired) electrons. The van der Waals surface area contributed by atoms with Gasteiger partial charge in [0, 0.05) is 17.6 Å². The number of hydrogen-bond donors (Lipinski definition) is 1. The van der Waals surface area contributed by atoms with Crippen LogP contribution in [-0.4, -0.2) is 25.8 Å². The number of halogens is 1. The van der Waals surface area contributed by atoms with E-state index in [1.54, 1.807) is 35.0 Å². The summed E-state index contributed by atoms with van der Waals surface area (Å²) in [5, 5.41) is 14.2. The van der Waals surface area contributed by atoms with Gasteiger partial charge >= 0.3 is 5.97 Å². The summed E-state index contributed by atoms with van der Waals surface area (Å²) in [6.07, 6.45) is 1.63. The lowest BCUT2D eigenvalue weighted by Gasteiger charge is -2.04. The maximum atomic E-state index is 11.5. The number of aromatic nitrogens is 3. The minimum atomic E-state index is -1.01. The molecule has 0 saturated carbocycles. The van der Waals surface area contributed by atoms with Crippen LogP contribution >= 0.6 is 22.9 Å². The molecule has 1 N–H and O–H groups in total. The number of aromatic carboxylic acids is 1. The molecule has 0 aliphatic rings. The van der Waals surface area contributed by atoms with E-state index in [-0.39, 0.29) is 12.2 Å². The number of thiophene rings is 1. The highest BCUT2D eigenvalue weighted by molar-refractivity contribution is 7.19. The zero-order chi connectivity index (χ0) is 16.7. The average molecular weight is 360 g/mol. The maximum absolute atomic E-state index is 11.5. The van der Waals surface area contributed by atoms with Gasteiger partial charge in [-0.2, -0.15) is 0 Å². The molecule has 0 atom stereocenters. The Kier molecular flexibility index (Phi) is 3.59. The number of carbonyl (C=O) groups is 1. The van der Waals surface area contributed by atoms with Gasteiger partial charge in [0.2, 0.25) is 0 Å². The zero-order valence-electron chi connectivity index (χ0n) is 12.1. The van der Waals surface area contributed by atoms with E-state index in [1.807, 2.05) is 12.1 Å². The van der Waals surface area contributed by atoms with E-state index in [9.17, 15) is 9.90 Å². The molecule has 0 aliphatic carbocycles. The molecule has 4 heterocycles. The molecule has 0 unspecified atom stereocenters. The van der Waals surface area contributed by atoms with Gasteiger partial charge in [0.05, 0.1) is 15.8 Å². The van der Waals surface area contributed by atoms with Crippen molar-refractivity contribution in [1.82, 2.24) is 14.7 Å². The van der Waals surface area contributed by atoms with Crippen molar-refractivity contribution in [3.05, 3.63) is 58.3 Å². The van der Waals surface area contributed by atoms with Crippen LogP contribution in [0.2, 0.25) is 4.34 Å². The van der Waals surface area contributed by atoms with Crippen molar-refractivity contribution in [2.75, 3.05) is 0 Å². The summed E-state index contributed by atoms with van der Waals surface area (Å²) < 4.78 is 7.62. The van der Waals surface area contributed by atoms with E-state index in [1.165, 1.54) is 11.3 Å². The number of nitrogens with zero attached hydrogens (tertiary/aromatic N) is 3. The van der Waals surface area contributed by atoms with Gasteiger partial charge in [-0.3, -0.25) is 0 Å². The molecule has 6 nitrogen and oxygen atoms in total. The van der Waals surface area contributed by atoms with Gasteiger partial charge in [0.15, 0.2) is 5.76 Å². The Hall–Kier alpha value is -2.64. The van der Waals surface area contributed by atoms with Gasteiger partial charge in [-0.05, 0) is 30.3 Å². The lowest BCUT2D eigenvalue weighted by atomic mass is 10.3. The average Bonchev–Trinajstić information content (AvgIpc) is 3.27. The standard InChI is InChI=1S/C16H10ClN3O3S/c17-14-4-3-13(24-14)12-7-10(19-23-12)8-20-11(16(21)22)6-9-2-1-5-18-15(9)20/h1-7H,8H2,(H,21,22). The molecule has 0 bridgehead atoms. The number of fused-ring (bicyclic) bond motifs is 1. The third-order valence-corrected chi connectivity index (χ3v) is 4.82. The summed E-state index contributed by atoms with van der Waals surface area (Å²) in [6, 6.07) is 10.6. The fourth-order valence-corrected chi connectivity index (χ4v) is 3.53. The van der Waals surface area contributed by atoms with Crippen molar-refractivity contribution >= 4 is 39.9 Å². The largest absolute Gasteiger partial charge is 0.477 e. The zero-order valence-corrected chi connectivity index (χ0v) is 13.7. The summed E-state index contributed by atoms with van der Waals surface area (Å²) in [5.74, 6) is -0.412. The Labute approximate surface area is 144 Å². The van der Waals surface area contributed by atoms with Crippen LogP contribution in [0.5, 0.6) is 0 Å². The first kappa shape index (κ1) is 14.9. The highest BCUT2D eigenvalue weighted by Crippen LogP contribution is 2.31. The molecule has 24 heavy (non-hydrogen) atoms. The Morgan fingerprint density at radius 3 is 2.96 bits per heavy atom. The van der Waals surface area contributed by atoms with Crippen LogP contribution in [0.4, 0.5) is 0 Å². The first-order chi connectivity index (χ1) is 11.6. The fraction of sp³-hybridized carbons (Fsp3) is 0.0625. The third-order valence-electron chi connectivity index (χ3n) is 3.57. The Balaban J connectivity index is 1.73. The predicted molar refractivity (Wildman–Crippen MR) is 90.6 cm³/mol. The van der Waals surface area contributed by atoms with E-state index >= 15 is 0 Å². The molecule has 0 aromatic carbocycles. The van der Waals surface area contributed by atoms with Crippen LogP contribution in [-0.2, 0) is 6.54 Å². The second kappa shape index (κ2) is 5.77. The minimum Gasteiger partial charge on any atom is -0.477 e. The van der Waals surface area contributed by atoms with Crippen molar-refractivity contribution in [3.8, 4) is 10.6 Å². The second-order valence-corrected chi connectivity index (χ2v) is 6.84. The third kappa shape index (κ3) is 2.57. The molecule has 0 saturated heterocycles. The highest BCUT2D eigenvalue weighted by Gasteiger charge is 2.17. The molecule has 0 fully saturated rings. The summed E-state index contributed by atoms with van der Waals surface area (Å²) in [6.45, 7) is 0.255. The molecule has 4 rings (SSSR count). The first-order valence-corrected chi connectivity index (χ1v) is 8.20.